The maximum atomic E-state index is 14.3. The van der Waals surface area contributed by atoms with Crippen LogP contribution in [0.5, 0.6) is 11.5 Å². The van der Waals surface area contributed by atoms with E-state index in [0.717, 1.165) is 12.5 Å². The molecule has 0 atom stereocenters. The Labute approximate surface area is 145 Å². The van der Waals surface area contributed by atoms with Crippen molar-refractivity contribution in [2.24, 2.45) is 0 Å². The highest BCUT2D eigenvalue weighted by atomic mass is 19.1. The lowest BCUT2D eigenvalue weighted by molar-refractivity contribution is -0.142. The molecule has 5 nitrogen and oxygen atoms in total. The molecule has 2 rings (SSSR count). The number of carbonyl (C=O) groups is 2. The quantitative estimate of drug-likeness (QED) is 0.612. The van der Waals surface area contributed by atoms with Crippen LogP contribution in [-0.4, -0.2) is 23.5 Å². The van der Waals surface area contributed by atoms with Crippen LogP contribution in [0, 0.1) is 5.82 Å². The first kappa shape index (κ1) is 18.4. The molecule has 0 unspecified atom stereocenters. The summed E-state index contributed by atoms with van der Waals surface area (Å²) in [4.78, 5) is 23.3. The number of ether oxygens (including phenoxy) is 2. The molecule has 2 aromatic rings. The third-order valence-electron chi connectivity index (χ3n) is 3.39. The maximum Gasteiger partial charge on any atom is 0.302 e. The number of esters is 1. The van der Waals surface area contributed by atoms with E-state index in [1.54, 1.807) is 12.1 Å². The number of benzene rings is 2. The number of hydrogen-bond acceptors (Lipinski definition) is 5. The largest absolute Gasteiger partial charge is 0.507 e. The Morgan fingerprint density at radius 1 is 1.16 bits per heavy atom. The monoisotopic (exact) mass is 346 g/mol. The number of ketones is 1. The van der Waals surface area contributed by atoms with Crippen LogP contribution in [0.1, 0.15) is 41.8 Å². The minimum absolute atomic E-state index is 0.183. The van der Waals surface area contributed by atoms with Gasteiger partial charge in [-0.05, 0) is 48.4 Å². The van der Waals surface area contributed by atoms with Gasteiger partial charge in [-0.1, -0.05) is 6.92 Å². The Kier molecular flexibility index (Phi) is 6.11. The van der Waals surface area contributed by atoms with Crippen LogP contribution in [0.3, 0.4) is 0 Å². The van der Waals surface area contributed by atoms with E-state index in [4.69, 9.17) is 9.47 Å². The van der Waals surface area contributed by atoms with Crippen molar-refractivity contribution in [3.05, 3.63) is 58.9 Å². The topological polar surface area (TPSA) is 72.8 Å². The Bertz CT molecular complexity index is 745. The summed E-state index contributed by atoms with van der Waals surface area (Å²) in [5.41, 5.74) is 0.0599. The van der Waals surface area contributed by atoms with E-state index in [-0.39, 0.29) is 17.7 Å². The van der Waals surface area contributed by atoms with Gasteiger partial charge in [0.2, 0.25) is 0 Å². The predicted octanol–water partition coefficient (Wildman–Crippen LogP) is 3.61. The van der Waals surface area contributed by atoms with Crippen molar-refractivity contribution in [1.29, 1.82) is 0 Å². The second kappa shape index (κ2) is 8.28. The Morgan fingerprint density at radius 2 is 1.84 bits per heavy atom. The first-order chi connectivity index (χ1) is 11.9. The second-order valence-corrected chi connectivity index (χ2v) is 5.45. The molecule has 0 aromatic heterocycles. The van der Waals surface area contributed by atoms with Gasteiger partial charge in [-0.15, -0.1) is 0 Å². The van der Waals surface area contributed by atoms with Crippen molar-refractivity contribution in [2.75, 3.05) is 6.61 Å². The lowest BCUT2D eigenvalue weighted by Gasteiger charge is -2.10. The highest BCUT2D eigenvalue weighted by molar-refractivity contribution is 6.10. The first-order valence-corrected chi connectivity index (χ1v) is 7.84. The molecule has 0 aliphatic carbocycles. The fourth-order valence-corrected chi connectivity index (χ4v) is 2.21. The Hall–Kier alpha value is -2.89. The van der Waals surface area contributed by atoms with E-state index >= 15 is 0 Å². The fourth-order valence-electron chi connectivity index (χ4n) is 2.21. The molecular formula is C19H19FO5. The first-order valence-electron chi connectivity index (χ1n) is 7.84. The van der Waals surface area contributed by atoms with Crippen LogP contribution >= 0.6 is 0 Å². The number of carbonyl (C=O) groups excluding carboxylic acids is 2. The zero-order chi connectivity index (χ0) is 18.4. The molecule has 0 radical (unpaired) electrons. The SMILES string of the molecule is CCCOc1ccc(C(=O)c2c(O)cc(COC(C)=O)cc2F)cc1. The zero-order valence-electron chi connectivity index (χ0n) is 14.0. The van der Waals surface area contributed by atoms with E-state index in [1.165, 1.54) is 25.1 Å². The van der Waals surface area contributed by atoms with Crippen molar-refractivity contribution < 1.29 is 28.6 Å². The molecule has 6 heteroatoms. The van der Waals surface area contributed by atoms with E-state index < -0.39 is 28.9 Å². The summed E-state index contributed by atoms with van der Waals surface area (Å²) in [5.74, 6) is -1.93. The molecular weight excluding hydrogens is 327 g/mol. The third kappa shape index (κ3) is 4.79. The normalized spacial score (nSPS) is 10.4. The molecule has 0 aliphatic rings. The molecule has 132 valence electrons. The van der Waals surface area contributed by atoms with Crippen LogP contribution in [0.15, 0.2) is 36.4 Å². The van der Waals surface area contributed by atoms with Gasteiger partial charge in [0.15, 0.2) is 5.78 Å². The zero-order valence-corrected chi connectivity index (χ0v) is 14.0. The standard InChI is InChI=1S/C19H19FO5/c1-3-8-24-15-6-4-14(5-7-15)19(23)18-16(20)9-13(10-17(18)22)11-25-12(2)21/h4-7,9-10,22H,3,8,11H2,1-2H3. The molecule has 0 saturated carbocycles. The van der Waals surface area contributed by atoms with E-state index in [9.17, 15) is 19.1 Å². The molecule has 25 heavy (non-hydrogen) atoms. The van der Waals surface area contributed by atoms with Gasteiger partial charge >= 0.3 is 5.97 Å². The summed E-state index contributed by atoms with van der Waals surface area (Å²) in [6.45, 7) is 3.58. The number of hydrogen-bond donors (Lipinski definition) is 1. The fraction of sp³-hybridized carbons (Fsp3) is 0.263. The van der Waals surface area contributed by atoms with Crippen molar-refractivity contribution in [3.8, 4) is 11.5 Å². The van der Waals surface area contributed by atoms with E-state index in [0.29, 0.717) is 12.4 Å². The smallest absolute Gasteiger partial charge is 0.302 e. The van der Waals surface area contributed by atoms with E-state index in [1.807, 2.05) is 6.92 Å². The summed E-state index contributed by atoms with van der Waals surface area (Å²) in [7, 11) is 0. The minimum atomic E-state index is -0.876. The maximum absolute atomic E-state index is 14.3. The second-order valence-electron chi connectivity index (χ2n) is 5.45. The summed E-state index contributed by atoms with van der Waals surface area (Å²) in [6.07, 6.45) is 0.861. The van der Waals surface area contributed by atoms with Crippen LogP contribution in [-0.2, 0) is 16.1 Å². The van der Waals surface area contributed by atoms with Crippen LogP contribution in [0.2, 0.25) is 0 Å². The molecule has 0 spiro atoms. The van der Waals surface area contributed by atoms with Crippen molar-refractivity contribution >= 4 is 11.8 Å². The minimum Gasteiger partial charge on any atom is -0.507 e. The van der Waals surface area contributed by atoms with Crippen LogP contribution in [0.25, 0.3) is 0 Å². The molecule has 2 aromatic carbocycles. The van der Waals surface area contributed by atoms with Crippen LogP contribution in [0.4, 0.5) is 4.39 Å². The molecule has 0 amide bonds. The predicted molar refractivity (Wildman–Crippen MR) is 89.2 cm³/mol. The number of rotatable bonds is 7. The van der Waals surface area contributed by atoms with Crippen molar-refractivity contribution in [1.82, 2.24) is 0 Å². The molecule has 0 heterocycles. The Balaban J connectivity index is 2.22. The van der Waals surface area contributed by atoms with Gasteiger partial charge in [-0.3, -0.25) is 9.59 Å². The van der Waals surface area contributed by atoms with Gasteiger partial charge in [-0.25, -0.2) is 4.39 Å². The lowest BCUT2D eigenvalue weighted by Crippen LogP contribution is -2.07. The van der Waals surface area contributed by atoms with Gasteiger partial charge in [0.05, 0.1) is 12.2 Å². The van der Waals surface area contributed by atoms with Gasteiger partial charge in [0, 0.05) is 12.5 Å². The Morgan fingerprint density at radius 3 is 2.40 bits per heavy atom. The number of phenolic OH excluding ortho intramolecular Hbond substituents is 1. The molecule has 1 N–H and O–H groups in total. The summed E-state index contributed by atoms with van der Waals surface area (Å²) in [5, 5.41) is 10.0. The molecule has 0 bridgehead atoms. The summed E-state index contributed by atoms with van der Waals surface area (Å²) in [6, 6.07) is 8.53. The molecule has 0 fully saturated rings. The summed E-state index contributed by atoms with van der Waals surface area (Å²) < 4.78 is 24.5. The lowest BCUT2D eigenvalue weighted by atomic mass is 10.00. The average Bonchev–Trinajstić information content (AvgIpc) is 2.58. The average molecular weight is 346 g/mol. The van der Waals surface area contributed by atoms with Crippen LogP contribution < -0.4 is 4.74 Å². The van der Waals surface area contributed by atoms with Gasteiger partial charge in [0.1, 0.15) is 23.9 Å². The molecule has 0 aliphatic heterocycles. The van der Waals surface area contributed by atoms with Crippen molar-refractivity contribution in [2.45, 2.75) is 26.9 Å². The summed E-state index contributed by atoms with van der Waals surface area (Å²) >= 11 is 0. The number of phenols is 1. The highest BCUT2D eigenvalue weighted by Gasteiger charge is 2.20. The van der Waals surface area contributed by atoms with Gasteiger partial charge < -0.3 is 14.6 Å². The molecule has 0 saturated heterocycles. The number of halogens is 1. The number of aromatic hydroxyl groups is 1. The van der Waals surface area contributed by atoms with Gasteiger partial charge in [-0.2, -0.15) is 0 Å². The van der Waals surface area contributed by atoms with Crippen molar-refractivity contribution in [3.63, 3.8) is 0 Å². The third-order valence-corrected chi connectivity index (χ3v) is 3.39. The highest BCUT2D eigenvalue weighted by Crippen LogP contribution is 2.26. The van der Waals surface area contributed by atoms with E-state index in [2.05, 4.69) is 0 Å². The van der Waals surface area contributed by atoms with Gasteiger partial charge in [0.25, 0.3) is 0 Å².